The topological polar surface area (TPSA) is 20.2 Å². The van der Waals surface area contributed by atoms with E-state index >= 15 is 0 Å². The first kappa shape index (κ1) is 12.6. The number of aliphatic hydroxyl groups is 1. The fraction of sp³-hybridized carbons (Fsp3) is 0.625. The summed E-state index contributed by atoms with van der Waals surface area (Å²) in [4.78, 5) is 0. The number of benzene rings is 1. The van der Waals surface area contributed by atoms with E-state index in [2.05, 4.69) is 45.0 Å². The van der Waals surface area contributed by atoms with Gasteiger partial charge in [-0.15, -0.1) is 0 Å². The highest BCUT2D eigenvalue weighted by atomic mass is 16.3. The number of rotatable bonds is 4. The molecule has 0 aromatic heterocycles. The largest absolute Gasteiger partial charge is 0.385 e. The van der Waals surface area contributed by atoms with Crippen molar-refractivity contribution in [3.63, 3.8) is 0 Å². The van der Waals surface area contributed by atoms with Crippen LogP contribution in [-0.2, 0) is 12.0 Å². The molecule has 17 heavy (non-hydrogen) atoms. The average Bonchev–Trinajstić information content (AvgIpc) is 2.26. The summed E-state index contributed by atoms with van der Waals surface area (Å²) in [7, 11) is 0. The van der Waals surface area contributed by atoms with Crippen molar-refractivity contribution in [2.45, 2.75) is 52.1 Å². The molecule has 1 fully saturated rings. The lowest BCUT2D eigenvalue weighted by molar-refractivity contribution is -0.0933. The summed E-state index contributed by atoms with van der Waals surface area (Å²) in [5.41, 5.74) is 1.94. The Labute approximate surface area is 105 Å². The van der Waals surface area contributed by atoms with Crippen LogP contribution in [0.15, 0.2) is 24.3 Å². The molecule has 1 aromatic carbocycles. The molecule has 1 saturated carbocycles. The summed E-state index contributed by atoms with van der Waals surface area (Å²) in [6.45, 7) is 6.68. The lowest BCUT2D eigenvalue weighted by atomic mass is 9.63. The predicted octanol–water partition coefficient (Wildman–Crippen LogP) is 3.89. The van der Waals surface area contributed by atoms with Crippen molar-refractivity contribution in [2.75, 3.05) is 0 Å². The highest BCUT2D eigenvalue weighted by Gasteiger charge is 2.44. The van der Waals surface area contributed by atoms with E-state index in [4.69, 9.17) is 0 Å². The van der Waals surface area contributed by atoms with Gasteiger partial charge in [0.1, 0.15) is 0 Å². The van der Waals surface area contributed by atoms with Crippen molar-refractivity contribution in [3.05, 3.63) is 35.4 Å². The molecule has 0 aliphatic heterocycles. The van der Waals surface area contributed by atoms with Crippen LogP contribution in [0.3, 0.4) is 0 Å². The lowest BCUT2D eigenvalue weighted by Gasteiger charge is -2.46. The monoisotopic (exact) mass is 232 g/mol. The third-order valence-electron chi connectivity index (χ3n) is 4.17. The second-order valence-corrected chi connectivity index (χ2v) is 5.89. The molecular formula is C16H24O. The van der Waals surface area contributed by atoms with E-state index in [0.717, 1.165) is 24.8 Å². The zero-order valence-electron chi connectivity index (χ0n) is 11.2. The van der Waals surface area contributed by atoms with Crippen molar-refractivity contribution >= 4 is 0 Å². The van der Waals surface area contributed by atoms with E-state index in [-0.39, 0.29) is 0 Å². The molecule has 1 heteroatoms. The van der Waals surface area contributed by atoms with Gasteiger partial charge in [-0.1, -0.05) is 51.5 Å². The molecular weight excluding hydrogens is 208 g/mol. The summed E-state index contributed by atoms with van der Waals surface area (Å²) in [6, 6.07) is 8.56. The predicted molar refractivity (Wildman–Crippen MR) is 71.9 cm³/mol. The molecule has 94 valence electrons. The van der Waals surface area contributed by atoms with E-state index in [0.29, 0.717) is 11.8 Å². The first-order valence-electron chi connectivity index (χ1n) is 6.87. The molecule has 0 radical (unpaired) electrons. The summed E-state index contributed by atoms with van der Waals surface area (Å²) in [5, 5.41) is 10.5. The zero-order valence-corrected chi connectivity index (χ0v) is 11.2. The lowest BCUT2D eigenvalue weighted by Crippen LogP contribution is -2.43. The third-order valence-corrected chi connectivity index (χ3v) is 4.17. The molecule has 0 saturated heterocycles. The Morgan fingerprint density at radius 1 is 1.24 bits per heavy atom. The second-order valence-electron chi connectivity index (χ2n) is 5.89. The van der Waals surface area contributed by atoms with Crippen LogP contribution in [0, 0.1) is 11.8 Å². The van der Waals surface area contributed by atoms with Crippen LogP contribution in [0.1, 0.15) is 51.2 Å². The Morgan fingerprint density at radius 2 is 1.82 bits per heavy atom. The van der Waals surface area contributed by atoms with Crippen molar-refractivity contribution in [1.82, 2.24) is 0 Å². The fourth-order valence-corrected chi connectivity index (χ4v) is 2.79. The van der Waals surface area contributed by atoms with Crippen LogP contribution in [0.4, 0.5) is 0 Å². The van der Waals surface area contributed by atoms with Crippen LogP contribution in [-0.4, -0.2) is 5.11 Å². The summed E-state index contributed by atoms with van der Waals surface area (Å²) in [5.74, 6) is 1.38. The minimum Gasteiger partial charge on any atom is -0.385 e. The molecule has 0 amide bonds. The SMILES string of the molecule is CCCc1ccc(C2(O)CC(C(C)C)C2)cc1. The van der Waals surface area contributed by atoms with Crippen molar-refractivity contribution in [3.8, 4) is 0 Å². The van der Waals surface area contributed by atoms with Gasteiger partial charge in [0.05, 0.1) is 5.60 Å². The normalized spacial score (nSPS) is 28.2. The minimum absolute atomic E-state index is 0.542. The van der Waals surface area contributed by atoms with Crippen LogP contribution in [0.2, 0.25) is 0 Å². The van der Waals surface area contributed by atoms with Crippen LogP contribution < -0.4 is 0 Å². The number of hydrogen-bond acceptors (Lipinski definition) is 1. The quantitative estimate of drug-likeness (QED) is 0.835. The summed E-state index contributed by atoms with van der Waals surface area (Å²) in [6.07, 6.45) is 4.17. The fourth-order valence-electron chi connectivity index (χ4n) is 2.79. The van der Waals surface area contributed by atoms with E-state index in [9.17, 15) is 5.11 Å². The van der Waals surface area contributed by atoms with Gasteiger partial charge in [0.15, 0.2) is 0 Å². The molecule has 0 spiro atoms. The van der Waals surface area contributed by atoms with Gasteiger partial charge in [-0.25, -0.2) is 0 Å². The molecule has 0 atom stereocenters. The Balaban J connectivity index is 2.03. The van der Waals surface area contributed by atoms with Crippen molar-refractivity contribution in [1.29, 1.82) is 0 Å². The van der Waals surface area contributed by atoms with E-state index in [1.807, 2.05) is 0 Å². The highest BCUT2D eigenvalue weighted by molar-refractivity contribution is 5.29. The minimum atomic E-state index is -0.542. The Kier molecular flexibility index (Phi) is 3.58. The van der Waals surface area contributed by atoms with Crippen LogP contribution in [0.5, 0.6) is 0 Å². The van der Waals surface area contributed by atoms with Gasteiger partial charge in [0.25, 0.3) is 0 Å². The zero-order chi connectivity index (χ0) is 12.5. The molecule has 1 nitrogen and oxygen atoms in total. The first-order valence-corrected chi connectivity index (χ1v) is 6.87. The van der Waals surface area contributed by atoms with Gasteiger partial charge < -0.3 is 5.11 Å². The van der Waals surface area contributed by atoms with Gasteiger partial charge in [-0.05, 0) is 42.2 Å². The number of aryl methyl sites for hydroxylation is 1. The van der Waals surface area contributed by atoms with E-state index in [1.54, 1.807) is 0 Å². The third kappa shape index (κ3) is 2.55. The highest BCUT2D eigenvalue weighted by Crippen LogP contribution is 2.48. The maximum absolute atomic E-state index is 10.5. The summed E-state index contributed by atoms with van der Waals surface area (Å²) < 4.78 is 0. The van der Waals surface area contributed by atoms with Crippen LogP contribution in [0.25, 0.3) is 0 Å². The number of hydrogen-bond donors (Lipinski definition) is 1. The first-order chi connectivity index (χ1) is 8.05. The molecule has 1 aromatic rings. The van der Waals surface area contributed by atoms with Gasteiger partial charge in [-0.2, -0.15) is 0 Å². The van der Waals surface area contributed by atoms with Crippen molar-refractivity contribution < 1.29 is 5.11 Å². The smallest absolute Gasteiger partial charge is 0.0902 e. The Morgan fingerprint density at radius 3 is 2.29 bits per heavy atom. The molecule has 1 aliphatic rings. The Hall–Kier alpha value is -0.820. The second kappa shape index (κ2) is 4.81. The molecule has 2 rings (SSSR count). The maximum atomic E-state index is 10.5. The van der Waals surface area contributed by atoms with Gasteiger partial charge >= 0.3 is 0 Å². The summed E-state index contributed by atoms with van der Waals surface area (Å²) >= 11 is 0. The van der Waals surface area contributed by atoms with E-state index < -0.39 is 5.60 Å². The van der Waals surface area contributed by atoms with Gasteiger partial charge in [-0.3, -0.25) is 0 Å². The van der Waals surface area contributed by atoms with Gasteiger partial charge in [0, 0.05) is 0 Å². The molecule has 1 aliphatic carbocycles. The Bertz CT molecular complexity index is 358. The van der Waals surface area contributed by atoms with Crippen LogP contribution >= 0.6 is 0 Å². The molecule has 0 heterocycles. The van der Waals surface area contributed by atoms with E-state index in [1.165, 1.54) is 12.0 Å². The standard InChI is InChI=1S/C16H24O/c1-4-5-13-6-8-15(9-7-13)16(17)10-14(11-16)12(2)3/h6-9,12,14,17H,4-5,10-11H2,1-3H3. The molecule has 1 N–H and O–H groups in total. The van der Waals surface area contributed by atoms with Crippen molar-refractivity contribution in [2.24, 2.45) is 11.8 Å². The van der Waals surface area contributed by atoms with Gasteiger partial charge in [0.2, 0.25) is 0 Å². The average molecular weight is 232 g/mol. The molecule has 0 bridgehead atoms. The molecule has 0 unspecified atom stereocenters. The maximum Gasteiger partial charge on any atom is 0.0902 e.